The molecule has 7 heteroatoms. The number of nitrogens with one attached hydrogen (secondary N) is 2. The summed E-state index contributed by atoms with van der Waals surface area (Å²) in [5.41, 5.74) is 5.50. The van der Waals surface area contributed by atoms with E-state index in [1.54, 1.807) is 16.7 Å². The van der Waals surface area contributed by atoms with Crippen LogP contribution in [0.25, 0.3) is 5.82 Å². The normalized spacial score (nSPS) is 9.33. The Morgan fingerprint density at radius 1 is 1.39 bits per heavy atom. The molecule has 18 heavy (non-hydrogen) atoms. The first-order valence-corrected chi connectivity index (χ1v) is 4.91. The summed E-state index contributed by atoms with van der Waals surface area (Å²) in [6.07, 6.45) is 5.19. The number of amides is 1. The standard InChI is InChI=1S/C11H11N5O.ClH/c12-11(13)15-10(17)8-3-4-14-9(7-8)16-5-1-2-6-16;/h1-7H,(H4,12,13,15,17);1H. The zero-order valence-electron chi connectivity index (χ0n) is 9.33. The Labute approximate surface area is 110 Å². The van der Waals surface area contributed by atoms with Gasteiger partial charge in [0, 0.05) is 24.2 Å². The van der Waals surface area contributed by atoms with Gasteiger partial charge in [-0.15, -0.1) is 12.4 Å². The Kier molecular flexibility index (Phi) is 4.45. The summed E-state index contributed by atoms with van der Waals surface area (Å²) in [7, 11) is 0. The van der Waals surface area contributed by atoms with E-state index in [0.717, 1.165) is 0 Å². The van der Waals surface area contributed by atoms with Crippen molar-refractivity contribution in [3.63, 3.8) is 0 Å². The van der Waals surface area contributed by atoms with E-state index in [-0.39, 0.29) is 18.4 Å². The van der Waals surface area contributed by atoms with Crippen LogP contribution in [0.4, 0.5) is 0 Å². The largest absolute Gasteiger partial charge is 0.370 e. The van der Waals surface area contributed by atoms with Gasteiger partial charge in [0.1, 0.15) is 5.82 Å². The van der Waals surface area contributed by atoms with Crippen LogP contribution in [0.1, 0.15) is 10.4 Å². The maximum atomic E-state index is 11.6. The molecule has 0 aliphatic carbocycles. The lowest BCUT2D eigenvalue weighted by molar-refractivity contribution is 0.0976. The van der Waals surface area contributed by atoms with Gasteiger partial charge in [-0.2, -0.15) is 0 Å². The smallest absolute Gasteiger partial charge is 0.258 e. The Hall–Kier alpha value is -2.34. The molecule has 0 bridgehead atoms. The van der Waals surface area contributed by atoms with Crippen LogP contribution in [0.2, 0.25) is 0 Å². The number of carbonyl (C=O) groups excluding carboxylic acids is 1. The van der Waals surface area contributed by atoms with Crippen molar-refractivity contribution < 1.29 is 4.79 Å². The van der Waals surface area contributed by atoms with Crippen molar-refractivity contribution in [2.45, 2.75) is 0 Å². The van der Waals surface area contributed by atoms with Crippen molar-refractivity contribution in [1.82, 2.24) is 14.9 Å². The minimum atomic E-state index is -0.423. The molecular formula is C11H12ClN5O. The number of rotatable bonds is 2. The first kappa shape index (κ1) is 13.7. The first-order chi connectivity index (χ1) is 8.16. The molecule has 6 nitrogen and oxygen atoms in total. The van der Waals surface area contributed by atoms with Gasteiger partial charge < -0.3 is 10.3 Å². The Morgan fingerprint density at radius 2 is 2.06 bits per heavy atom. The molecule has 0 radical (unpaired) electrons. The SMILES string of the molecule is Cl.N=C(N)NC(=O)c1ccnc(-n2cccc2)c1. The molecule has 2 rings (SSSR count). The lowest BCUT2D eigenvalue weighted by atomic mass is 10.2. The summed E-state index contributed by atoms with van der Waals surface area (Å²) >= 11 is 0. The average Bonchev–Trinajstić information content (AvgIpc) is 2.82. The predicted molar refractivity (Wildman–Crippen MR) is 70.2 cm³/mol. The lowest BCUT2D eigenvalue weighted by Crippen LogP contribution is -2.35. The van der Waals surface area contributed by atoms with E-state index in [1.165, 1.54) is 6.20 Å². The molecule has 4 N–H and O–H groups in total. The molecule has 0 fully saturated rings. The summed E-state index contributed by atoms with van der Waals surface area (Å²) in [4.78, 5) is 15.7. The molecule has 0 saturated heterocycles. The number of hydrogen-bond acceptors (Lipinski definition) is 3. The summed E-state index contributed by atoms with van der Waals surface area (Å²) in [6.45, 7) is 0. The van der Waals surface area contributed by atoms with Crippen molar-refractivity contribution in [1.29, 1.82) is 5.41 Å². The Bertz CT molecular complexity index is 552. The number of aromatic nitrogens is 2. The van der Waals surface area contributed by atoms with E-state index in [2.05, 4.69) is 10.3 Å². The van der Waals surface area contributed by atoms with E-state index in [0.29, 0.717) is 11.4 Å². The summed E-state index contributed by atoms with van der Waals surface area (Å²) < 4.78 is 1.78. The molecule has 0 spiro atoms. The van der Waals surface area contributed by atoms with Crippen molar-refractivity contribution in [2.75, 3.05) is 0 Å². The highest BCUT2D eigenvalue weighted by Crippen LogP contribution is 2.07. The van der Waals surface area contributed by atoms with Crippen molar-refractivity contribution in [2.24, 2.45) is 5.73 Å². The van der Waals surface area contributed by atoms with Crippen LogP contribution in [0.3, 0.4) is 0 Å². The second-order valence-electron chi connectivity index (χ2n) is 3.36. The fourth-order valence-corrected chi connectivity index (χ4v) is 1.38. The molecule has 0 unspecified atom stereocenters. The van der Waals surface area contributed by atoms with Crippen LogP contribution in [0.5, 0.6) is 0 Å². The molecule has 0 aromatic carbocycles. The summed E-state index contributed by atoms with van der Waals surface area (Å²) in [6, 6.07) is 6.91. The van der Waals surface area contributed by atoms with Crippen LogP contribution in [-0.2, 0) is 0 Å². The maximum absolute atomic E-state index is 11.6. The number of halogens is 1. The van der Waals surface area contributed by atoms with Crippen LogP contribution in [0, 0.1) is 5.41 Å². The van der Waals surface area contributed by atoms with Gasteiger partial charge in [0.2, 0.25) is 0 Å². The number of pyridine rings is 1. The average molecular weight is 266 g/mol. The third-order valence-electron chi connectivity index (χ3n) is 2.12. The maximum Gasteiger partial charge on any atom is 0.258 e. The van der Waals surface area contributed by atoms with Crippen molar-refractivity contribution >= 4 is 24.3 Å². The minimum Gasteiger partial charge on any atom is -0.370 e. The van der Waals surface area contributed by atoms with E-state index in [9.17, 15) is 4.79 Å². The molecule has 94 valence electrons. The molecule has 2 heterocycles. The predicted octanol–water partition coefficient (Wildman–Crippen LogP) is 0.917. The van der Waals surface area contributed by atoms with Crippen LogP contribution < -0.4 is 11.1 Å². The third kappa shape index (κ3) is 3.08. The highest BCUT2D eigenvalue weighted by molar-refractivity contribution is 6.04. The van der Waals surface area contributed by atoms with Crippen molar-refractivity contribution in [3.8, 4) is 5.82 Å². The molecule has 0 aliphatic heterocycles. The summed E-state index contributed by atoms with van der Waals surface area (Å²) in [5.74, 6) is -0.172. The number of hydrogen-bond donors (Lipinski definition) is 3. The van der Waals surface area contributed by atoms with Gasteiger partial charge in [-0.25, -0.2) is 4.98 Å². The van der Waals surface area contributed by atoms with E-state index >= 15 is 0 Å². The van der Waals surface area contributed by atoms with E-state index < -0.39 is 5.91 Å². The van der Waals surface area contributed by atoms with Gasteiger partial charge in [0.15, 0.2) is 5.96 Å². The fraction of sp³-hybridized carbons (Fsp3) is 0. The number of nitrogens with two attached hydrogens (primary N) is 1. The van der Waals surface area contributed by atoms with Crippen molar-refractivity contribution in [3.05, 3.63) is 48.4 Å². The van der Waals surface area contributed by atoms with Crippen LogP contribution in [-0.4, -0.2) is 21.4 Å². The number of carbonyl (C=O) groups is 1. The minimum absolute atomic E-state index is 0. The van der Waals surface area contributed by atoms with E-state index in [4.69, 9.17) is 11.1 Å². The highest BCUT2D eigenvalue weighted by atomic mass is 35.5. The number of guanidine groups is 1. The zero-order valence-corrected chi connectivity index (χ0v) is 10.1. The van der Waals surface area contributed by atoms with Crippen LogP contribution >= 0.6 is 12.4 Å². The van der Waals surface area contributed by atoms with Gasteiger partial charge in [-0.05, 0) is 24.3 Å². The molecule has 0 atom stereocenters. The van der Waals surface area contributed by atoms with Gasteiger partial charge in [0.05, 0.1) is 0 Å². The van der Waals surface area contributed by atoms with Gasteiger partial charge >= 0.3 is 0 Å². The second kappa shape index (κ2) is 5.83. The Morgan fingerprint density at radius 3 is 2.67 bits per heavy atom. The van der Waals surface area contributed by atoms with Crippen LogP contribution in [0.15, 0.2) is 42.9 Å². The molecule has 2 aromatic rings. The second-order valence-corrected chi connectivity index (χ2v) is 3.36. The highest BCUT2D eigenvalue weighted by Gasteiger charge is 2.07. The number of nitrogens with zero attached hydrogens (tertiary/aromatic N) is 2. The quantitative estimate of drug-likeness (QED) is 0.556. The monoisotopic (exact) mass is 265 g/mol. The molecule has 0 aliphatic rings. The third-order valence-corrected chi connectivity index (χ3v) is 2.12. The lowest BCUT2D eigenvalue weighted by Gasteiger charge is -2.05. The van der Waals surface area contributed by atoms with Gasteiger partial charge in [-0.3, -0.25) is 15.5 Å². The molecule has 1 amide bonds. The summed E-state index contributed by atoms with van der Waals surface area (Å²) in [5, 5.41) is 9.21. The van der Waals surface area contributed by atoms with Gasteiger partial charge in [-0.1, -0.05) is 0 Å². The molecular weight excluding hydrogens is 254 g/mol. The zero-order chi connectivity index (χ0) is 12.3. The molecule has 0 saturated carbocycles. The first-order valence-electron chi connectivity index (χ1n) is 4.91. The fourth-order valence-electron chi connectivity index (χ4n) is 1.38. The van der Waals surface area contributed by atoms with E-state index in [1.807, 2.05) is 24.5 Å². The Balaban J connectivity index is 0.00000162. The molecule has 2 aromatic heterocycles. The topological polar surface area (TPSA) is 96.8 Å². The van der Waals surface area contributed by atoms with Gasteiger partial charge in [0.25, 0.3) is 5.91 Å².